The van der Waals surface area contributed by atoms with Gasteiger partial charge in [-0.1, -0.05) is 26.0 Å². The van der Waals surface area contributed by atoms with Gasteiger partial charge in [0.2, 0.25) is 0 Å². The summed E-state index contributed by atoms with van der Waals surface area (Å²) in [5.74, 6) is 1.68. The zero-order chi connectivity index (χ0) is 20.0. The van der Waals surface area contributed by atoms with Crippen LogP contribution in [0.3, 0.4) is 0 Å². The highest BCUT2D eigenvalue weighted by Gasteiger charge is 2.18. The minimum atomic E-state index is 0. The third-order valence-electron chi connectivity index (χ3n) is 4.26. The number of methoxy groups -OCH3 is 2. The van der Waals surface area contributed by atoms with Gasteiger partial charge in [0.15, 0.2) is 5.96 Å². The van der Waals surface area contributed by atoms with E-state index in [-0.39, 0.29) is 29.4 Å². The molecule has 6 nitrogen and oxygen atoms in total. The summed E-state index contributed by atoms with van der Waals surface area (Å²) < 4.78 is 15.8. The first-order chi connectivity index (χ1) is 13.0. The Morgan fingerprint density at radius 2 is 1.79 bits per heavy atom. The Morgan fingerprint density at radius 3 is 2.39 bits per heavy atom. The molecular weight excluding hydrogens is 469 g/mol. The lowest BCUT2D eigenvalue weighted by Crippen LogP contribution is -2.43. The van der Waals surface area contributed by atoms with Crippen LogP contribution < -0.4 is 15.4 Å². The fourth-order valence-electron chi connectivity index (χ4n) is 2.39. The number of aliphatic imine (C=N–C) groups is 1. The molecule has 0 aliphatic heterocycles. The number of hydrogen-bond donors (Lipinski definition) is 2. The molecule has 0 aliphatic rings. The summed E-state index contributed by atoms with van der Waals surface area (Å²) in [6, 6.07) is 8.00. The Hall–Kier alpha value is -1.06. The van der Waals surface area contributed by atoms with Gasteiger partial charge < -0.3 is 24.8 Å². The van der Waals surface area contributed by atoms with Crippen LogP contribution in [-0.4, -0.2) is 53.1 Å². The Morgan fingerprint density at radius 1 is 1.07 bits per heavy atom. The maximum absolute atomic E-state index is 5.40. The van der Waals surface area contributed by atoms with E-state index in [2.05, 4.69) is 24.5 Å². The van der Waals surface area contributed by atoms with Crippen LogP contribution in [0.5, 0.6) is 5.75 Å². The molecule has 28 heavy (non-hydrogen) atoms. The molecule has 0 aromatic heterocycles. The van der Waals surface area contributed by atoms with Gasteiger partial charge in [-0.3, -0.25) is 0 Å². The first-order valence-corrected chi connectivity index (χ1v) is 9.72. The van der Waals surface area contributed by atoms with E-state index in [1.807, 2.05) is 31.2 Å². The maximum atomic E-state index is 5.40. The van der Waals surface area contributed by atoms with Gasteiger partial charge >= 0.3 is 0 Å². The number of halogens is 1. The molecule has 162 valence electrons. The standard InChI is InChI=1S/C21H37N3O3.HI/c1-6-27-14-7-13-22-20(24-17-21(2,3)12-15-25-4)23-16-18-8-10-19(26-5)11-9-18;/h8-11H,6-7,12-17H2,1-5H3,(H2,22,23,24);1H. The van der Waals surface area contributed by atoms with E-state index in [0.29, 0.717) is 6.54 Å². The van der Waals surface area contributed by atoms with Gasteiger partial charge in [0.25, 0.3) is 0 Å². The quantitative estimate of drug-likeness (QED) is 0.184. The van der Waals surface area contributed by atoms with Crippen LogP contribution in [-0.2, 0) is 16.0 Å². The van der Waals surface area contributed by atoms with E-state index in [1.165, 1.54) is 0 Å². The normalized spacial score (nSPS) is 11.7. The third-order valence-corrected chi connectivity index (χ3v) is 4.26. The lowest BCUT2D eigenvalue weighted by molar-refractivity contribution is 0.145. The summed E-state index contributed by atoms with van der Waals surface area (Å²) in [4.78, 5) is 4.73. The molecule has 0 unspecified atom stereocenters. The molecule has 0 radical (unpaired) electrons. The number of nitrogens with one attached hydrogen (secondary N) is 2. The molecule has 7 heteroatoms. The van der Waals surface area contributed by atoms with Crippen LogP contribution in [0.25, 0.3) is 0 Å². The minimum absolute atomic E-state index is 0. The Bertz CT molecular complexity index is 536. The predicted octanol–water partition coefficient (Wildman–Crippen LogP) is 3.84. The average Bonchev–Trinajstić information content (AvgIpc) is 2.68. The van der Waals surface area contributed by atoms with Crippen molar-refractivity contribution in [2.45, 2.75) is 40.2 Å². The van der Waals surface area contributed by atoms with Crippen LogP contribution in [0, 0.1) is 5.41 Å². The van der Waals surface area contributed by atoms with Gasteiger partial charge in [0.05, 0.1) is 13.7 Å². The van der Waals surface area contributed by atoms with Crippen LogP contribution in [0.1, 0.15) is 39.2 Å². The molecule has 0 heterocycles. The topological polar surface area (TPSA) is 64.1 Å². The van der Waals surface area contributed by atoms with Crippen molar-refractivity contribution in [3.63, 3.8) is 0 Å². The van der Waals surface area contributed by atoms with Crippen molar-refractivity contribution in [3.8, 4) is 5.75 Å². The van der Waals surface area contributed by atoms with Crippen LogP contribution >= 0.6 is 24.0 Å². The molecule has 1 aromatic rings. The van der Waals surface area contributed by atoms with Gasteiger partial charge in [-0.2, -0.15) is 0 Å². The molecule has 1 aromatic carbocycles. The highest BCUT2D eigenvalue weighted by molar-refractivity contribution is 14.0. The summed E-state index contributed by atoms with van der Waals surface area (Å²) in [6.07, 6.45) is 1.94. The van der Waals surface area contributed by atoms with E-state index >= 15 is 0 Å². The van der Waals surface area contributed by atoms with Crippen LogP contribution in [0.4, 0.5) is 0 Å². The lowest BCUT2D eigenvalue weighted by Gasteiger charge is -2.26. The fraction of sp³-hybridized carbons (Fsp3) is 0.667. The van der Waals surface area contributed by atoms with Crippen molar-refractivity contribution in [1.29, 1.82) is 0 Å². The molecule has 0 amide bonds. The van der Waals surface area contributed by atoms with Crippen molar-refractivity contribution in [2.75, 3.05) is 47.1 Å². The second-order valence-electron chi connectivity index (χ2n) is 7.25. The molecule has 0 saturated carbocycles. The highest BCUT2D eigenvalue weighted by Crippen LogP contribution is 2.18. The maximum Gasteiger partial charge on any atom is 0.191 e. The van der Waals surface area contributed by atoms with Crippen LogP contribution in [0.2, 0.25) is 0 Å². The first kappa shape index (κ1) is 26.9. The second-order valence-corrected chi connectivity index (χ2v) is 7.25. The first-order valence-electron chi connectivity index (χ1n) is 9.72. The SMILES string of the molecule is CCOCCCNC(=NCc1ccc(OC)cc1)NCC(C)(C)CCOC.I. The molecule has 0 bridgehead atoms. The van der Waals surface area contributed by atoms with Crippen molar-refractivity contribution in [2.24, 2.45) is 10.4 Å². The van der Waals surface area contributed by atoms with Crippen molar-refractivity contribution in [3.05, 3.63) is 29.8 Å². The number of benzene rings is 1. The Balaban J connectivity index is 0.00000729. The molecule has 0 aliphatic carbocycles. The minimum Gasteiger partial charge on any atom is -0.497 e. The molecular formula is C21H38IN3O3. The molecule has 2 N–H and O–H groups in total. The molecule has 1 rings (SSSR count). The lowest BCUT2D eigenvalue weighted by atomic mass is 9.90. The molecule has 0 saturated heterocycles. The number of hydrogen-bond acceptors (Lipinski definition) is 4. The summed E-state index contributed by atoms with van der Waals surface area (Å²) >= 11 is 0. The second kappa shape index (κ2) is 15.8. The summed E-state index contributed by atoms with van der Waals surface area (Å²) in [5, 5.41) is 6.87. The Kier molecular flexibility index (Phi) is 15.2. The third kappa shape index (κ3) is 12.4. The number of guanidine groups is 1. The number of nitrogens with zero attached hydrogens (tertiary/aromatic N) is 1. The van der Waals surface area contributed by atoms with E-state index in [1.54, 1.807) is 14.2 Å². The molecule has 0 spiro atoms. The van der Waals surface area contributed by atoms with Crippen molar-refractivity contribution < 1.29 is 14.2 Å². The summed E-state index contributed by atoms with van der Waals surface area (Å²) in [5.41, 5.74) is 1.27. The van der Waals surface area contributed by atoms with Gasteiger partial charge in [0.1, 0.15) is 5.75 Å². The van der Waals surface area contributed by atoms with Gasteiger partial charge in [0, 0.05) is 40.0 Å². The zero-order valence-electron chi connectivity index (χ0n) is 18.0. The molecule has 0 fully saturated rings. The fourth-order valence-corrected chi connectivity index (χ4v) is 2.39. The number of ether oxygens (including phenoxy) is 3. The largest absolute Gasteiger partial charge is 0.497 e. The van der Waals surface area contributed by atoms with Gasteiger partial charge in [-0.05, 0) is 42.9 Å². The van der Waals surface area contributed by atoms with E-state index < -0.39 is 0 Å². The predicted molar refractivity (Wildman–Crippen MR) is 127 cm³/mol. The van der Waals surface area contributed by atoms with Gasteiger partial charge in [-0.15, -0.1) is 24.0 Å². The molecule has 0 atom stereocenters. The van der Waals surface area contributed by atoms with E-state index in [9.17, 15) is 0 Å². The number of rotatable bonds is 13. The van der Waals surface area contributed by atoms with Crippen molar-refractivity contribution in [1.82, 2.24) is 10.6 Å². The van der Waals surface area contributed by atoms with Gasteiger partial charge in [-0.25, -0.2) is 4.99 Å². The van der Waals surface area contributed by atoms with E-state index in [4.69, 9.17) is 19.2 Å². The monoisotopic (exact) mass is 507 g/mol. The summed E-state index contributed by atoms with van der Waals surface area (Å²) in [7, 11) is 3.41. The summed E-state index contributed by atoms with van der Waals surface area (Å²) in [6.45, 7) is 11.0. The average molecular weight is 507 g/mol. The zero-order valence-corrected chi connectivity index (χ0v) is 20.4. The van der Waals surface area contributed by atoms with Crippen molar-refractivity contribution >= 4 is 29.9 Å². The highest BCUT2D eigenvalue weighted by atomic mass is 127. The smallest absolute Gasteiger partial charge is 0.191 e. The van der Waals surface area contributed by atoms with Crippen LogP contribution in [0.15, 0.2) is 29.3 Å². The Labute approximate surface area is 187 Å². The van der Waals surface area contributed by atoms with E-state index in [0.717, 1.165) is 63.0 Å².